The fourth-order valence-corrected chi connectivity index (χ4v) is 1.61. The molecule has 0 aromatic heterocycles. The van der Waals surface area contributed by atoms with E-state index in [1.165, 1.54) is 24.3 Å². The monoisotopic (exact) mass is 265 g/mol. The molecule has 1 rings (SSSR count). The molecule has 0 amide bonds. The maximum Gasteiger partial charge on any atom is 0.338 e. The molecular weight excluding hydrogens is 248 g/mol. The van der Waals surface area contributed by atoms with E-state index in [9.17, 15) is 9.59 Å². The van der Waals surface area contributed by atoms with E-state index >= 15 is 0 Å². The molecule has 0 bridgehead atoms. The van der Waals surface area contributed by atoms with E-state index in [1.54, 1.807) is 0 Å². The third-order valence-electron chi connectivity index (χ3n) is 2.56. The number of carbonyl (C=O) groups excluding carboxylic acids is 1. The van der Waals surface area contributed by atoms with E-state index in [0.29, 0.717) is 0 Å². The summed E-state index contributed by atoms with van der Waals surface area (Å²) < 4.78 is 5.25. The van der Waals surface area contributed by atoms with Gasteiger partial charge in [-0.15, -0.1) is 0 Å². The minimum absolute atomic E-state index is 0.0677. The van der Waals surface area contributed by atoms with Crippen LogP contribution in [0.25, 0.3) is 0 Å². The van der Waals surface area contributed by atoms with Crippen molar-refractivity contribution in [2.75, 3.05) is 0 Å². The van der Waals surface area contributed by atoms with Gasteiger partial charge in [0.2, 0.25) is 0 Å². The van der Waals surface area contributed by atoms with E-state index in [0.717, 1.165) is 0 Å². The number of hydrogen-bond acceptors (Lipinski definition) is 3. The molecule has 5 heteroatoms. The van der Waals surface area contributed by atoms with Crippen LogP contribution in [0.3, 0.4) is 0 Å². The summed E-state index contributed by atoms with van der Waals surface area (Å²) in [5.41, 5.74) is -0.0571. The summed E-state index contributed by atoms with van der Waals surface area (Å²) in [5, 5.41) is 8.84. The Kier molecular flexibility index (Phi) is 4.29. The van der Waals surface area contributed by atoms with Gasteiger partial charge in [-0.05, 0) is 25.1 Å². The summed E-state index contributed by atoms with van der Waals surface area (Å²) in [6.45, 7) is 9.98. The molecule has 0 aliphatic carbocycles. The molecule has 18 heavy (non-hydrogen) atoms. The number of rotatable bonds is 4. The molecule has 1 N–H and O–H groups in total. The quantitative estimate of drug-likeness (QED) is 0.671. The fraction of sp³-hybridized carbons (Fsp3) is 0.308. The van der Waals surface area contributed by atoms with E-state index in [4.69, 9.17) is 9.84 Å². The van der Waals surface area contributed by atoms with Gasteiger partial charge >= 0.3 is 11.9 Å². The van der Waals surface area contributed by atoms with Crippen LogP contribution < -0.4 is 0 Å². The molecule has 4 nitrogen and oxygen atoms in total. The van der Waals surface area contributed by atoms with Crippen molar-refractivity contribution >= 4 is 20.0 Å². The maximum absolute atomic E-state index is 11.8. The van der Waals surface area contributed by atoms with Crippen molar-refractivity contribution in [3.8, 4) is 0 Å². The zero-order chi connectivity index (χ0) is 13.9. The van der Waals surface area contributed by atoms with Crippen LogP contribution in [0.15, 0.2) is 24.3 Å². The van der Waals surface area contributed by atoms with Gasteiger partial charge in [0.05, 0.1) is 24.9 Å². The Morgan fingerprint density at radius 1 is 1.28 bits per heavy atom. The molecular formula is C13H17O4Si. The number of esters is 1. The summed E-state index contributed by atoms with van der Waals surface area (Å²) in [4.78, 5) is 22.6. The van der Waals surface area contributed by atoms with Gasteiger partial charge in [-0.1, -0.05) is 25.7 Å². The molecule has 1 atom stereocenters. The van der Waals surface area contributed by atoms with Crippen molar-refractivity contribution in [2.24, 2.45) is 0 Å². The van der Waals surface area contributed by atoms with Gasteiger partial charge in [-0.2, -0.15) is 0 Å². The molecule has 0 saturated heterocycles. The highest BCUT2D eigenvalue weighted by molar-refractivity contribution is 6.77. The highest BCUT2D eigenvalue weighted by Gasteiger charge is 2.26. The minimum Gasteiger partial charge on any atom is -0.478 e. The highest BCUT2D eigenvalue weighted by atomic mass is 28.3. The van der Waals surface area contributed by atoms with Crippen LogP contribution in [0, 0.1) is 6.92 Å². The van der Waals surface area contributed by atoms with Gasteiger partial charge in [0, 0.05) is 0 Å². The zero-order valence-corrected chi connectivity index (χ0v) is 11.8. The van der Waals surface area contributed by atoms with Crippen LogP contribution in [-0.4, -0.2) is 30.8 Å². The van der Waals surface area contributed by atoms with Gasteiger partial charge < -0.3 is 9.84 Å². The molecule has 0 heterocycles. The molecule has 0 spiro atoms. The van der Waals surface area contributed by atoms with Gasteiger partial charge in [-0.25, -0.2) is 9.59 Å². The van der Waals surface area contributed by atoms with Crippen LogP contribution >= 0.6 is 0 Å². The molecule has 0 aliphatic rings. The van der Waals surface area contributed by atoms with Crippen molar-refractivity contribution in [3.05, 3.63) is 42.3 Å². The first-order valence-corrected chi connectivity index (χ1v) is 9.17. The van der Waals surface area contributed by atoms with Gasteiger partial charge in [0.15, 0.2) is 0 Å². The minimum atomic E-state index is -1.66. The lowest BCUT2D eigenvalue weighted by Gasteiger charge is -2.24. The first-order chi connectivity index (χ1) is 8.21. The van der Waals surface area contributed by atoms with Gasteiger partial charge in [-0.3, -0.25) is 0 Å². The van der Waals surface area contributed by atoms with Crippen LogP contribution in [0.2, 0.25) is 19.6 Å². The largest absolute Gasteiger partial charge is 0.478 e. The molecule has 1 aromatic carbocycles. The average Bonchev–Trinajstić information content (AvgIpc) is 2.27. The number of carboxylic acid groups (broad SMARTS) is 1. The van der Waals surface area contributed by atoms with Crippen molar-refractivity contribution < 1.29 is 19.4 Å². The molecule has 97 valence electrons. The van der Waals surface area contributed by atoms with E-state index < -0.39 is 20.0 Å². The van der Waals surface area contributed by atoms with Crippen LogP contribution in [0.1, 0.15) is 20.7 Å². The first-order valence-electron chi connectivity index (χ1n) is 5.59. The molecule has 0 aliphatic heterocycles. The molecule has 1 radical (unpaired) electrons. The third-order valence-corrected chi connectivity index (χ3v) is 4.61. The summed E-state index contributed by atoms with van der Waals surface area (Å²) in [6, 6.07) is 5.79. The predicted molar refractivity (Wildman–Crippen MR) is 71.3 cm³/mol. The van der Waals surface area contributed by atoms with E-state index in [1.807, 2.05) is 19.6 Å². The number of benzene rings is 1. The normalized spacial score (nSPS) is 12.9. The SMILES string of the molecule is [CH2]C(OC(=O)c1cccc(C(=O)O)c1)[Si](C)(C)C. The lowest BCUT2D eigenvalue weighted by atomic mass is 10.1. The number of carboxylic acids is 1. The topological polar surface area (TPSA) is 63.6 Å². The molecule has 1 aromatic rings. The smallest absolute Gasteiger partial charge is 0.338 e. The fourth-order valence-electron chi connectivity index (χ4n) is 1.15. The van der Waals surface area contributed by atoms with Gasteiger partial charge in [0.25, 0.3) is 0 Å². The first kappa shape index (κ1) is 14.4. The standard InChI is InChI=1S/C13H17O4Si/c1-9(18(2,3)4)17-13(16)11-7-5-6-10(8-11)12(14)15/h5-9H,1H2,2-4H3,(H,14,15). The highest BCUT2D eigenvalue weighted by Crippen LogP contribution is 2.14. The Hall–Kier alpha value is -1.62. The Labute approximate surface area is 108 Å². The van der Waals surface area contributed by atoms with Crippen molar-refractivity contribution in [1.82, 2.24) is 0 Å². The Morgan fingerprint density at radius 3 is 2.33 bits per heavy atom. The number of ether oxygens (including phenoxy) is 1. The van der Waals surface area contributed by atoms with Crippen LogP contribution in [0.4, 0.5) is 0 Å². The number of aromatic carboxylic acids is 1. The van der Waals surface area contributed by atoms with Crippen molar-refractivity contribution in [1.29, 1.82) is 0 Å². The summed E-state index contributed by atoms with van der Waals surface area (Å²) in [6.07, 6.45) is 0. The zero-order valence-electron chi connectivity index (χ0n) is 10.8. The van der Waals surface area contributed by atoms with Crippen LogP contribution in [0.5, 0.6) is 0 Å². The lowest BCUT2D eigenvalue weighted by molar-refractivity contribution is 0.0486. The number of hydrogen-bond donors (Lipinski definition) is 1. The predicted octanol–water partition coefficient (Wildman–Crippen LogP) is 2.62. The summed E-state index contributed by atoms with van der Waals surface area (Å²) in [5.74, 6) is -1.60. The number of carbonyl (C=O) groups is 2. The summed E-state index contributed by atoms with van der Waals surface area (Å²) in [7, 11) is -1.66. The molecule has 0 fully saturated rings. The second kappa shape index (κ2) is 5.35. The molecule has 1 unspecified atom stereocenters. The third kappa shape index (κ3) is 3.70. The van der Waals surface area contributed by atoms with Crippen molar-refractivity contribution in [3.63, 3.8) is 0 Å². The Balaban J connectivity index is 2.85. The van der Waals surface area contributed by atoms with Crippen LogP contribution in [-0.2, 0) is 4.74 Å². The summed E-state index contributed by atoms with van der Waals surface area (Å²) >= 11 is 0. The van der Waals surface area contributed by atoms with Gasteiger partial charge in [0.1, 0.15) is 0 Å². The van der Waals surface area contributed by atoms with E-state index in [-0.39, 0.29) is 16.9 Å². The molecule has 0 saturated carbocycles. The Bertz CT molecular complexity index is 462. The second-order valence-corrected chi connectivity index (χ2v) is 10.5. The average molecular weight is 265 g/mol. The Morgan fingerprint density at radius 2 is 1.83 bits per heavy atom. The maximum atomic E-state index is 11.8. The van der Waals surface area contributed by atoms with E-state index in [2.05, 4.69) is 6.92 Å². The second-order valence-electron chi connectivity index (χ2n) is 5.15. The van der Waals surface area contributed by atoms with Crippen molar-refractivity contribution in [2.45, 2.75) is 25.4 Å². The lowest BCUT2D eigenvalue weighted by Crippen LogP contribution is -2.39.